The highest BCUT2D eigenvalue weighted by Crippen LogP contribution is 2.16. The van der Waals surface area contributed by atoms with Gasteiger partial charge in [0, 0.05) is 13.0 Å². The van der Waals surface area contributed by atoms with Crippen molar-refractivity contribution in [3.63, 3.8) is 0 Å². The van der Waals surface area contributed by atoms with Crippen LogP contribution in [0.4, 0.5) is 0 Å². The van der Waals surface area contributed by atoms with E-state index in [0.29, 0.717) is 6.04 Å². The fourth-order valence-electron chi connectivity index (χ4n) is 1.47. The Morgan fingerprint density at radius 3 is 2.67 bits per heavy atom. The Morgan fingerprint density at radius 2 is 2.08 bits per heavy atom. The molecule has 12 heavy (non-hydrogen) atoms. The molecule has 0 atom stereocenters. The Bertz CT molecular complexity index is 171. The minimum Gasteiger partial charge on any atom is -0.307 e. The molecule has 0 heterocycles. The predicted molar refractivity (Wildman–Crippen MR) is 49.2 cm³/mol. The number of carbonyl (C=O) groups is 1. The summed E-state index contributed by atoms with van der Waals surface area (Å²) < 4.78 is 0. The lowest BCUT2D eigenvalue weighted by Gasteiger charge is -2.20. The first kappa shape index (κ1) is 9.23. The molecule has 1 rings (SSSR count). The summed E-state index contributed by atoms with van der Waals surface area (Å²) in [5.41, 5.74) is 3.00. The Labute approximate surface area is 73.2 Å². The van der Waals surface area contributed by atoms with E-state index in [9.17, 15) is 4.79 Å². The van der Waals surface area contributed by atoms with Gasteiger partial charge in [-0.05, 0) is 12.8 Å². The molecule has 0 aliphatic heterocycles. The normalized spacial score (nSPS) is 19.8. The Balaban J connectivity index is 2.17. The van der Waals surface area contributed by atoms with Crippen LogP contribution in [0.15, 0.2) is 5.10 Å². The van der Waals surface area contributed by atoms with Crippen molar-refractivity contribution in [1.29, 1.82) is 0 Å². The number of Topliss-reactive ketones (excluding diaryl/α,β-unsaturated/α-hetero) is 1. The van der Waals surface area contributed by atoms with E-state index in [1.165, 1.54) is 45.2 Å². The Hall–Kier alpha value is -0.860. The van der Waals surface area contributed by atoms with Crippen LogP contribution in [0.3, 0.4) is 0 Å². The minimum absolute atomic E-state index is 0.00157. The van der Waals surface area contributed by atoms with Gasteiger partial charge in [-0.25, -0.2) is 0 Å². The monoisotopic (exact) mass is 168 g/mol. The van der Waals surface area contributed by atoms with Gasteiger partial charge in [0.2, 0.25) is 0 Å². The summed E-state index contributed by atoms with van der Waals surface area (Å²) in [6, 6.07) is 0.495. The van der Waals surface area contributed by atoms with Gasteiger partial charge in [0.15, 0.2) is 5.78 Å². The summed E-state index contributed by atoms with van der Waals surface area (Å²) >= 11 is 0. The molecule has 0 aromatic heterocycles. The topological polar surface area (TPSA) is 41.5 Å². The van der Waals surface area contributed by atoms with Crippen LogP contribution < -0.4 is 5.43 Å². The number of rotatable bonds is 3. The van der Waals surface area contributed by atoms with E-state index in [-0.39, 0.29) is 5.78 Å². The van der Waals surface area contributed by atoms with Gasteiger partial charge in [0.25, 0.3) is 0 Å². The second kappa shape index (κ2) is 4.91. The van der Waals surface area contributed by atoms with Crippen molar-refractivity contribution in [3.05, 3.63) is 0 Å². The lowest BCUT2D eigenvalue weighted by Crippen LogP contribution is -2.27. The van der Waals surface area contributed by atoms with E-state index < -0.39 is 0 Å². The van der Waals surface area contributed by atoms with E-state index in [2.05, 4.69) is 10.5 Å². The van der Waals surface area contributed by atoms with Crippen LogP contribution in [0.25, 0.3) is 0 Å². The van der Waals surface area contributed by atoms with Crippen LogP contribution in [0.5, 0.6) is 0 Å². The zero-order chi connectivity index (χ0) is 8.81. The average Bonchev–Trinajstić information content (AvgIpc) is 2.05. The molecule has 68 valence electrons. The highest BCUT2D eigenvalue weighted by Gasteiger charge is 2.11. The predicted octanol–water partition coefficient (Wildman–Crippen LogP) is 1.48. The molecule has 1 fully saturated rings. The van der Waals surface area contributed by atoms with Gasteiger partial charge in [-0.15, -0.1) is 0 Å². The quantitative estimate of drug-likeness (QED) is 0.512. The molecular formula is C9H16N2O. The van der Waals surface area contributed by atoms with Gasteiger partial charge in [0.1, 0.15) is 0 Å². The maximum absolute atomic E-state index is 10.5. The molecule has 0 amide bonds. The maximum Gasteiger partial charge on any atom is 0.172 e. The van der Waals surface area contributed by atoms with Gasteiger partial charge in [-0.3, -0.25) is 4.79 Å². The van der Waals surface area contributed by atoms with Crippen molar-refractivity contribution in [3.8, 4) is 0 Å². The number of nitrogens with zero attached hydrogens (tertiary/aromatic N) is 1. The lowest BCUT2D eigenvalue weighted by atomic mass is 9.96. The van der Waals surface area contributed by atoms with Gasteiger partial charge in [-0.1, -0.05) is 19.3 Å². The minimum atomic E-state index is -0.00157. The first-order valence-corrected chi connectivity index (χ1v) is 4.58. The van der Waals surface area contributed by atoms with Crippen molar-refractivity contribution >= 4 is 12.0 Å². The number of hydrogen-bond donors (Lipinski definition) is 1. The zero-order valence-electron chi connectivity index (χ0n) is 7.55. The van der Waals surface area contributed by atoms with Crippen molar-refractivity contribution in [1.82, 2.24) is 5.43 Å². The van der Waals surface area contributed by atoms with Crippen molar-refractivity contribution in [2.75, 3.05) is 0 Å². The first-order chi connectivity index (χ1) is 5.79. The van der Waals surface area contributed by atoms with Crippen LogP contribution in [-0.4, -0.2) is 18.0 Å². The summed E-state index contributed by atoms with van der Waals surface area (Å²) in [5, 5.41) is 3.87. The van der Waals surface area contributed by atoms with Crippen LogP contribution in [0, 0.1) is 0 Å². The maximum atomic E-state index is 10.5. The molecule has 0 aromatic carbocycles. The molecule has 1 aliphatic rings. The second-order valence-corrected chi connectivity index (χ2v) is 3.33. The summed E-state index contributed by atoms with van der Waals surface area (Å²) in [4.78, 5) is 10.5. The van der Waals surface area contributed by atoms with Gasteiger partial charge in [0.05, 0.1) is 6.21 Å². The van der Waals surface area contributed by atoms with Crippen LogP contribution in [0.2, 0.25) is 0 Å². The molecule has 3 nitrogen and oxygen atoms in total. The Morgan fingerprint density at radius 1 is 1.42 bits per heavy atom. The van der Waals surface area contributed by atoms with Crippen molar-refractivity contribution in [2.45, 2.75) is 45.1 Å². The van der Waals surface area contributed by atoms with Crippen LogP contribution >= 0.6 is 0 Å². The van der Waals surface area contributed by atoms with E-state index in [1.54, 1.807) is 0 Å². The third-order valence-corrected chi connectivity index (χ3v) is 2.11. The van der Waals surface area contributed by atoms with Gasteiger partial charge < -0.3 is 5.43 Å². The van der Waals surface area contributed by atoms with E-state index >= 15 is 0 Å². The highest BCUT2D eigenvalue weighted by atomic mass is 16.1. The molecule has 0 spiro atoms. The smallest absolute Gasteiger partial charge is 0.172 e. The van der Waals surface area contributed by atoms with E-state index in [1.807, 2.05) is 0 Å². The Kier molecular flexibility index (Phi) is 3.77. The third-order valence-electron chi connectivity index (χ3n) is 2.11. The number of ketones is 1. The second-order valence-electron chi connectivity index (χ2n) is 3.33. The number of carbonyl (C=O) groups excluding carboxylic acids is 1. The van der Waals surface area contributed by atoms with Crippen molar-refractivity contribution in [2.24, 2.45) is 5.10 Å². The molecule has 0 bridgehead atoms. The number of hydrogen-bond acceptors (Lipinski definition) is 3. The standard InChI is InChI=1S/C9H16N2O/c1-8(12)7-10-11-9-5-3-2-4-6-9/h7,9,11H,2-6H2,1H3/b10-7-. The third kappa shape index (κ3) is 3.51. The average molecular weight is 168 g/mol. The van der Waals surface area contributed by atoms with Crippen molar-refractivity contribution < 1.29 is 4.79 Å². The molecule has 0 saturated heterocycles. The molecule has 0 radical (unpaired) electrons. The van der Waals surface area contributed by atoms with E-state index in [4.69, 9.17) is 0 Å². The fraction of sp³-hybridized carbons (Fsp3) is 0.778. The first-order valence-electron chi connectivity index (χ1n) is 4.58. The summed E-state index contributed by atoms with van der Waals surface area (Å²) in [6.45, 7) is 1.51. The van der Waals surface area contributed by atoms with Gasteiger partial charge in [-0.2, -0.15) is 5.10 Å². The molecular weight excluding hydrogens is 152 g/mol. The molecule has 3 heteroatoms. The lowest BCUT2D eigenvalue weighted by molar-refractivity contribution is -0.110. The SMILES string of the molecule is CC(=O)/C=N\NC1CCCCC1. The van der Waals surface area contributed by atoms with Crippen LogP contribution in [-0.2, 0) is 4.79 Å². The molecule has 0 aromatic rings. The number of hydrazone groups is 1. The summed E-state index contributed by atoms with van der Waals surface area (Å²) in [5.74, 6) is -0.00157. The molecule has 0 unspecified atom stereocenters. The highest BCUT2D eigenvalue weighted by molar-refractivity contribution is 6.26. The zero-order valence-corrected chi connectivity index (χ0v) is 7.55. The number of nitrogens with one attached hydrogen (secondary N) is 1. The molecule has 1 saturated carbocycles. The summed E-state index contributed by atoms with van der Waals surface area (Å²) in [6.07, 6.45) is 7.63. The largest absolute Gasteiger partial charge is 0.307 e. The van der Waals surface area contributed by atoms with Crippen LogP contribution in [0.1, 0.15) is 39.0 Å². The fourth-order valence-corrected chi connectivity index (χ4v) is 1.47. The van der Waals surface area contributed by atoms with E-state index in [0.717, 1.165) is 0 Å². The molecule has 1 aliphatic carbocycles. The summed E-state index contributed by atoms with van der Waals surface area (Å²) in [7, 11) is 0. The van der Waals surface area contributed by atoms with Gasteiger partial charge >= 0.3 is 0 Å². The molecule has 1 N–H and O–H groups in total.